The molecule has 0 radical (unpaired) electrons. The first-order chi connectivity index (χ1) is 9.25. The first-order valence-corrected chi connectivity index (χ1v) is 6.83. The quantitative estimate of drug-likeness (QED) is 0.750. The van der Waals surface area contributed by atoms with Gasteiger partial charge in [0.15, 0.2) is 5.78 Å². The molecule has 0 spiro atoms. The Hall–Kier alpha value is -1.96. The maximum Gasteiger partial charge on any atom is 0.190 e. The van der Waals surface area contributed by atoms with Crippen LogP contribution < -0.4 is 0 Å². The van der Waals surface area contributed by atoms with Crippen molar-refractivity contribution < 1.29 is 4.79 Å². The number of benzene rings is 1. The highest BCUT2D eigenvalue weighted by Gasteiger charge is 2.19. The number of hydrogen-bond acceptors (Lipinski definition) is 2. The van der Waals surface area contributed by atoms with Crippen LogP contribution in [0.25, 0.3) is 10.9 Å². The van der Waals surface area contributed by atoms with Crippen molar-refractivity contribution in [2.24, 2.45) is 5.92 Å². The van der Waals surface area contributed by atoms with E-state index in [4.69, 9.17) is 0 Å². The van der Waals surface area contributed by atoms with Gasteiger partial charge in [-0.15, -0.1) is 0 Å². The fourth-order valence-corrected chi connectivity index (χ4v) is 2.63. The highest BCUT2D eigenvalue weighted by atomic mass is 16.1. The number of rotatable bonds is 2. The zero-order valence-corrected chi connectivity index (χ0v) is 11.1. The molecule has 0 bridgehead atoms. The molecule has 0 aliphatic heterocycles. The highest BCUT2D eigenvalue weighted by molar-refractivity contribution is 6.15. The van der Waals surface area contributed by atoms with E-state index >= 15 is 0 Å². The monoisotopic (exact) mass is 251 g/mol. The number of pyridine rings is 1. The van der Waals surface area contributed by atoms with Crippen molar-refractivity contribution in [3.05, 3.63) is 53.7 Å². The SMILES string of the molecule is CC1CC=C(C(=O)c2cccc3cccnc23)CC1. The van der Waals surface area contributed by atoms with E-state index in [2.05, 4.69) is 18.0 Å². The molecule has 1 aromatic heterocycles. The van der Waals surface area contributed by atoms with Crippen LogP contribution in [0.4, 0.5) is 0 Å². The Labute approximate surface area is 113 Å². The molecular formula is C17H17NO. The van der Waals surface area contributed by atoms with E-state index in [9.17, 15) is 4.79 Å². The van der Waals surface area contributed by atoms with Crippen LogP contribution >= 0.6 is 0 Å². The van der Waals surface area contributed by atoms with Crippen LogP contribution in [-0.2, 0) is 0 Å². The summed E-state index contributed by atoms with van der Waals surface area (Å²) in [5.41, 5.74) is 2.50. The Kier molecular flexibility index (Phi) is 3.16. The average molecular weight is 251 g/mol. The lowest BCUT2D eigenvalue weighted by molar-refractivity contribution is 0.102. The lowest BCUT2D eigenvalue weighted by Gasteiger charge is -2.17. The number of Topliss-reactive ketones (excluding diaryl/α,β-unsaturated/α-hetero) is 1. The van der Waals surface area contributed by atoms with Crippen LogP contribution in [-0.4, -0.2) is 10.8 Å². The highest BCUT2D eigenvalue weighted by Crippen LogP contribution is 2.27. The van der Waals surface area contributed by atoms with Crippen molar-refractivity contribution in [3.8, 4) is 0 Å². The summed E-state index contributed by atoms with van der Waals surface area (Å²) < 4.78 is 0. The minimum absolute atomic E-state index is 0.149. The molecule has 2 nitrogen and oxygen atoms in total. The van der Waals surface area contributed by atoms with Crippen molar-refractivity contribution in [3.63, 3.8) is 0 Å². The van der Waals surface area contributed by atoms with Gasteiger partial charge in [-0.2, -0.15) is 0 Å². The Morgan fingerprint density at radius 1 is 1.26 bits per heavy atom. The molecule has 0 amide bonds. The zero-order valence-electron chi connectivity index (χ0n) is 11.1. The summed E-state index contributed by atoms with van der Waals surface area (Å²) in [6.07, 6.45) is 6.87. The van der Waals surface area contributed by atoms with Crippen molar-refractivity contribution in [1.29, 1.82) is 0 Å². The number of ketones is 1. The van der Waals surface area contributed by atoms with Crippen LogP contribution in [0.2, 0.25) is 0 Å². The summed E-state index contributed by atoms with van der Waals surface area (Å²) in [6, 6.07) is 9.71. The van der Waals surface area contributed by atoms with Gasteiger partial charge in [0, 0.05) is 17.1 Å². The molecule has 1 aromatic carbocycles. The second-order valence-corrected chi connectivity index (χ2v) is 5.32. The predicted octanol–water partition coefficient (Wildman–Crippen LogP) is 4.16. The summed E-state index contributed by atoms with van der Waals surface area (Å²) in [6.45, 7) is 2.23. The normalized spacial score (nSPS) is 19.2. The Morgan fingerprint density at radius 2 is 2.11 bits per heavy atom. The molecule has 19 heavy (non-hydrogen) atoms. The molecule has 0 N–H and O–H groups in total. The van der Waals surface area contributed by atoms with Gasteiger partial charge in [-0.05, 0) is 42.9 Å². The molecule has 2 heteroatoms. The smallest absolute Gasteiger partial charge is 0.190 e. The van der Waals surface area contributed by atoms with Crippen molar-refractivity contribution in [2.45, 2.75) is 26.2 Å². The van der Waals surface area contributed by atoms with E-state index in [0.29, 0.717) is 5.92 Å². The van der Waals surface area contributed by atoms with E-state index in [0.717, 1.165) is 41.3 Å². The number of fused-ring (bicyclic) bond motifs is 1. The number of hydrogen-bond donors (Lipinski definition) is 0. The molecule has 1 aliphatic rings. The Bertz CT molecular complexity index is 652. The van der Waals surface area contributed by atoms with E-state index < -0.39 is 0 Å². The molecule has 1 heterocycles. The van der Waals surface area contributed by atoms with E-state index in [-0.39, 0.29) is 5.78 Å². The number of nitrogens with zero attached hydrogens (tertiary/aromatic N) is 1. The van der Waals surface area contributed by atoms with Gasteiger partial charge in [0.05, 0.1) is 5.52 Å². The first kappa shape index (κ1) is 12.1. The molecule has 1 atom stereocenters. The molecule has 1 unspecified atom stereocenters. The minimum Gasteiger partial charge on any atom is -0.289 e. The van der Waals surface area contributed by atoms with Gasteiger partial charge in [0.1, 0.15) is 0 Å². The lowest BCUT2D eigenvalue weighted by Crippen LogP contribution is -2.10. The molecule has 0 saturated heterocycles. The number of para-hydroxylation sites is 1. The third-order valence-corrected chi connectivity index (χ3v) is 3.84. The van der Waals surface area contributed by atoms with Gasteiger partial charge in [-0.3, -0.25) is 9.78 Å². The third-order valence-electron chi connectivity index (χ3n) is 3.84. The number of aromatic nitrogens is 1. The Balaban J connectivity index is 2.03. The molecule has 0 saturated carbocycles. The van der Waals surface area contributed by atoms with Crippen molar-refractivity contribution in [2.75, 3.05) is 0 Å². The minimum atomic E-state index is 0.149. The summed E-state index contributed by atoms with van der Waals surface area (Å²) in [5.74, 6) is 0.846. The van der Waals surface area contributed by atoms with Gasteiger partial charge in [-0.25, -0.2) is 0 Å². The fraction of sp³-hybridized carbons (Fsp3) is 0.294. The lowest BCUT2D eigenvalue weighted by atomic mass is 9.87. The topological polar surface area (TPSA) is 30.0 Å². The van der Waals surface area contributed by atoms with E-state index in [1.807, 2.05) is 30.3 Å². The van der Waals surface area contributed by atoms with Gasteiger partial charge < -0.3 is 0 Å². The molecule has 96 valence electrons. The van der Waals surface area contributed by atoms with Gasteiger partial charge >= 0.3 is 0 Å². The van der Waals surface area contributed by atoms with Crippen LogP contribution in [0.15, 0.2) is 48.2 Å². The third kappa shape index (κ3) is 2.30. The summed E-state index contributed by atoms with van der Waals surface area (Å²) in [4.78, 5) is 17.0. The number of allylic oxidation sites excluding steroid dienone is 2. The maximum absolute atomic E-state index is 12.6. The van der Waals surface area contributed by atoms with Gasteiger partial charge in [0.25, 0.3) is 0 Å². The fourth-order valence-electron chi connectivity index (χ4n) is 2.63. The van der Waals surface area contributed by atoms with Gasteiger partial charge in [0.2, 0.25) is 0 Å². The standard InChI is InChI=1S/C17H17NO/c1-12-7-9-14(10-8-12)17(19)15-6-2-4-13-5-3-11-18-16(13)15/h2-6,9,11-12H,7-8,10H2,1H3. The molecule has 1 aliphatic carbocycles. The molecule has 0 fully saturated rings. The summed E-state index contributed by atoms with van der Waals surface area (Å²) in [7, 11) is 0. The number of carbonyl (C=O) groups excluding carboxylic acids is 1. The van der Waals surface area contributed by atoms with Crippen molar-refractivity contribution in [1.82, 2.24) is 4.98 Å². The molecule has 2 aromatic rings. The Morgan fingerprint density at radius 3 is 2.89 bits per heavy atom. The summed E-state index contributed by atoms with van der Waals surface area (Å²) >= 11 is 0. The van der Waals surface area contributed by atoms with E-state index in [1.54, 1.807) is 6.20 Å². The molecular weight excluding hydrogens is 234 g/mol. The molecule has 3 rings (SSSR count). The van der Waals surface area contributed by atoms with Gasteiger partial charge in [-0.1, -0.05) is 31.2 Å². The largest absolute Gasteiger partial charge is 0.289 e. The maximum atomic E-state index is 12.6. The van der Waals surface area contributed by atoms with Crippen LogP contribution in [0, 0.1) is 5.92 Å². The first-order valence-electron chi connectivity index (χ1n) is 6.83. The van der Waals surface area contributed by atoms with Crippen molar-refractivity contribution >= 4 is 16.7 Å². The van der Waals surface area contributed by atoms with Crippen LogP contribution in [0.3, 0.4) is 0 Å². The average Bonchev–Trinajstić information content (AvgIpc) is 2.47. The second kappa shape index (κ2) is 4.96. The summed E-state index contributed by atoms with van der Waals surface area (Å²) in [5, 5.41) is 1.03. The van der Waals surface area contributed by atoms with Crippen LogP contribution in [0.1, 0.15) is 36.5 Å². The number of carbonyl (C=O) groups is 1. The predicted molar refractivity (Wildman–Crippen MR) is 77.2 cm³/mol. The van der Waals surface area contributed by atoms with Crippen LogP contribution in [0.5, 0.6) is 0 Å². The zero-order chi connectivity index (χ0) is 13.2. The van der Waals surface area contributed by atoms with E-state index in [1.165, 1.54) is 0 Å². The second-order valence-electron chi connectivity index (χ2n) is 5.32.